The highest BCUT2D eigenvalue weighted by molar-refractivity contribution is 14.1. The lowest BCUT2D eigenvalue weighted by atomic mass is 10.1. The second-order valence-corrected chi connectivity index (χ2v) is 6.31. The number of rotatable bonds is 8. The zero-order valence-corrected chi connectivity index (χ0v) is 14.6. The Hall–Kier alpha value is -1.07. The van der Waals surface area contributed by atoms with Gasteiger partial charge in [-0.3, -0.25) is 0 Å². The molecule has 2 aromatic rings. The number of hydrogen-bond donors (Lipinski definition) is 1. The average molecular weight is 395 g/mol. The van der Waals surface area contributed by atoms with Crippen LogP contribution < -0.4 is 10.1 Å². The van der Waals surface area contributed by atoms with Crippen molar-refractivity contribution in [3.8, 4) is 5.75 Å². The van der Waals surface area contributed by atoms with Crippen molar-refractivity contribution in [3.05, 3.63) is 63.2 Å². The Morgan fingerprint density at radius 1 is 1.00 bits per heavy atom. The second kappa shape index (κ2) is 9.05. The van der Waals surface area contributed by atoms with E-state index in [0.717, 1.165) is 25.3 Å². The highest BCUT2D eigenvalue weighted by Gasteiger charge is 1.98. The van der Waals surface area contributed by atoms with Gasteiger partial charge in [0.05, 0.1) is 0 Å². The van der Waals surface area contributed by atoms with E-state index in [1.165, 1.54) is 21.1 Å². The Morgan fingerprint density at radius 3 is 2.48 bits per heavy atom. The predicted molar refractivity (Wildman–Crippen MR) is 96.8 cm³/mol. The van der Waals surface area contributed by atoms with Crippen LogP contribution in [0.2, 0.25) is 0 Å². The number of ether oxygens (including phenoxy) is 1. The van der Waals surface area contributed by atoms with E-state index >= 15 is 0 Å². The van der Waals surface area contributed by atoms with E-state index in [4.69, 9.17) is 4.74 Å². The molecule has 0 amide bonds. The second-order valence-electron chi connectivity index (χ2n) is 5.06. The smallest absolute Gasteiger partial charge is 0.120 e. The molecule has 0 saturated carbocycles. The van der Waals surface area contributed by atoms with Crippen molar-refractivity contribution >= 4 is 22.6 Å². The van der Waals surface area contributed by atoms with E-state index in [0.29, 0.717) is 6.61 Å². The molecule has 0 bridgehead atoms. The molecule has 112 valence electrons. The SMILES string of the molecule is CCCNCCc1ccc(COc2cccc(I)c2)cc1. The van der Waals surface area contributed by atoms with Crippen LogP contribution in [-0.2, 0) is 13.0 Å². The average Bonchev–Trinajstić information content (AvgIpc) is 2.51. The molecule has 2 nitrogen and oxygen atoms in total. The summed E-state index contributed by atoms with van der Waals surface area (Å²) in [5.41, 5.74) is 2.58. The Morgan fingerprint density at radius 2 is 1.76 bits per heavy atom. The monoisotopic (exact) mass is 395 g/mol. The third-order valence-electron chi connectivity index (χ3n) is 3.24. The van der Waals surface area contributed by atoms with Crippen LogP contribution in [0.5, 0.6) is 5.75 Å². The first kappa shape index (κ1) is 16.3. The van der Waals surface area contributed by atoms with E-state index in [-0.39, 0.29) is 0 Å². The zero-order chi connectivity index (χ0) is 14.9. The van der Waals surface area contributed by atoms with Gasteiger partial charge in [-0.15, -0.1) is 0 Å². The summed E-state index contributed by atoms with van der Waals surface area (Å²) in [6, 6.07) is 16.8. The van der Waals surface area contributed by atoms with Crippen molar-refractivity contribution in [1.29, 1.82) is 0 Å². The molecular weight excluding hydrogens is 373 g/mol. The van der Waals surface area contributed by atoms with E-state index in [1.54, 1.807) is 0 Å². The molecule has 0 fully saturated rings. The number of hydrogen-bond acceptors (Lipinski definition) is 2. The maximum Gasteiger partial charge on any atom is 0.120 e. The molecule has 21 heavy (non-hydrogen) atoms. The molecule has 0 radical (unpaired) electrons. The van der Waals surface area contributed by atoms with Crippen LogP contribution in [0.3, 0.4) is 0 Å². The van der Waals surface area contributed by atoms with Gasteiger partial charge in [0.15, 0.2) is 0 Å². The summed E-state index contributed by atoms with van der Waals surface area (Å²) in [5.74, 6) is 0.926. The Kier molecular flexibility index (Phi) is 7.03. The van der Waals surface area contributed by atoms with E-state index in [2.05, 4.69) is 65.2 Å². The van der Waals surface area contributed by atoms with Crippen LogP contribution in [0.15, 0.2) is 48.5 Å². The number of halogens is 1. The van der Waals surface area contributed by atoms with Gasteiger partial charge in [0.1, 0.15) is 12.4 Å². The quantitative estimate of drug-likeness (QED) is 0.528. The molecule has 2 aromatic carbocycles. The maximum atomic E-state index is 5.81. The van der Waals surface area contributed by atoms with Crippen LogP contribution in [0, 0.1) is 3.57 Å². The van der Waals surface area contributed by atoms with Crippen molar-refractivity contribution in [2.75, 3.05) is 13.1 Å². The molecule has 0 saturated heterocycles. The summed E-state index contributed by atoms with van der Waals surface area (Å²) in [7, 11) is 0. The van der Waals surface area contributed by atoms with Crippen LogP contribution in [0.4, 0.5) is 0 Å². The van der Waals surface area contributed by atoms with E-state index < -0.39 is 0 Å². The highest BCUT2D eigenvalue weighted by Crippen LogP contribution is 2.16. The van der Waals surface area contributed by atoms with Gasteiger partial charge in [-0.05, 0) is 77.8 Å². The number of nitrogens with one attached hydrogen (secondary N) is 1. The molecule has 2 rings (SSSR count). The standard InChI is InChI=1S/C18H22INO/c1-2-11-20-12-10-15-6-8-16(9-7-15)14-21-18-5-3-4-17(19)13-18/h3-9,13,20H,2,10-12,14H2,1H3. The van der Waals surface area contributed by atoms with Crippen molar-refractivity contribution in [1.82, 2.24) is 5.32 Å². The molecule has 1 N–H and O–H groups in total. The minimum Gasteiger partial charge on any atom is -0.489 e. The van der Waals surface area contributed by atoms with Gasteiger partial charge in [0.25, 0.3) is 0 Å². The van der Waals surface area contributed by atoms with Crippen molar-refractivity contribution < 1.29 is 4.74 Å². The van der Waals surface area contributed by atoms with Gasteiger partial charge in [-0.1, -0.05) is 37.3 Å². The summed E-state index contributed by atoms with van der Waals surface area (Å²) < 4.78 is 7.00. The van der Waals surface area contributed by atoms with Crippen LogP contribution >= 0.6 is 22.6 Å². The molecule has 0 aliphatic heterocycles. The Bertz CT molecular complexity index is 539. The molecule has 0 aliphatic carbocycles. The summed E-state index contributed by atoms with van der Waals surface area (Å²) in [6.45, 7) is 4.96. The fraction of sp³-hybridized carbons (Fsp3) is 0.333. The lowest BCUT2D eigenvalue weighted by Gasteiger charge is -2.08. The first-order chi connectivity index (χ1) is 10.3. The molecule has 0 atom stereocenters. The van der Waals surface area contributed by atoms with E-state index in [9.17, 15) is 0 Å². The molecule has 0 heterocycles. The molecule has 3 heteroatoms. The molecule has 0 unspecified atom stereocenters. The zero-order valence-electron chi connectivity index (χ0n) is 12.4. The third-order valence-corrected chi connectivity index (χ3v) is 3.91. The maximum absolute atomic E-state index is 5.81. The topological polar surface area (TPSA) is 21.3 Å². The van der Waals surface area contributed by atoms with E-state index in [1.807, 2.05) is 18.2 Å². The summed E-state index contributed by atoms with van der Waals surface area (Å²) in [5, 5.41) is 3.42. The Labute approximate surface area is 141 Å². The fourth-order valence-corrected chi connectivity index (χ4v) is 2.57. The molecule has 0 spiro atoms. The highest BCUT2D eigenvalue weighted by atomic mass is 127. The lowest BCUT2D eigenvalue weighted by molar-refractivity contribution is 0.306. The molecule has 0 aliphatic rings. The summed E-state index contributed by atoms with van der Waals surface area (Å²) in [6.07, 6.45) is 2.27. The van der Waals surface area contributed by atoms with Gasteiger partial charge in [0, 0.05) is 3.57 Å². The van der Waals surface area contributed by atoms with Crippen LogP contribution in [0.1, 0.15) is 24.5 Å². The third kappa shape index (κ3) is 6.06. The largest absolute Gasteiger partial charge is 0.489 e. The molecule has 0 aromatic heterocycles. The summed E-state index contributed by atoms with van der Waals surface area (Å²) >= 11 is 2.30. The molecular formula is C18H22INO. The van der Waals surface area contributed by atoms with Crippen molar-refractivity contribution in [2.24, 2.45) is 0 Å². The van der Waals surface area contributed by atoms with Gasteiger partial charge < -0.3 is 10.1 Å². The summed E-state index contributed by atoms with van der Waals surface area (Å²) in [4.78, 5) is 0. The van der Waals surface area contributed by atoms with Crippen molar-refractivity contribution in [3.63, 3.8) is 0 Å². The predicted octanol–water partition coefficient (Wildman–Crippen LogP) is 4.41. The van der Waals surface area contributed by atoms with Crippen molar-refractivity contribution in [2.45, 2.75) is 26.4 Å². The normalized spacial score (nSPS) is 10.6. The minimum absolute atomic E-state index is 0.620. The minimum atomic E-state index is 0.620. The fourth-order valence-electron chi connectivity index (χ4n) is 2.06. The lowest BCUT2D eigenvalue weighted by Crippen LogP contribution is -2.17. The number of benzene rings is 2. The van der Waals surface area contributed by atoms with Gasteiger partial charge in [0.2, 0.25) is 0 Å². The first-order valence-corrected chi connectivity index (χ1v) is 8.52. The van der Waals surface area contributed by atoms with Gasteiger partial charge in [-0.25, -0.2) is 0 Å². The van der Waals surface area contributed by atoms with Crippen LogP contribution in [-0.4, -0.2) is 13.1 Å². The van der Waals surface area contributed by atoms with Gasteiger partial charge in [-0.2, -0.15) is 0 Å². The van der Waals surface area contributed by atoms with Crippen LogP contribution in [0.25, 0.3) is 0 Å². The first-order valence-electron chi connectivity index (χ1n) is 7.45. The van der Waals surface area contributed by atoms with Gasteiger partial charge >= 0.3 is 0 Å². The Balaban J connectivity index is 1.79.